The van der Waals surface area contributed by atoms with E-state index in [0.717, 1.165) is 4.57 Å². The van der Waals surface area contributed by atoms with Gasteiger partial charge >= 0.3 is 11.9 Å². The molecule has 0 aromatic carbocycles. The molecule has 120 valence electrons. The zero-order valence-corrected chi connectivity index (χ0v) is 14.8. The van der Waals surface area contributed by atoms with Gasteiger partial charge in [0, 0.05) is 0 Å². The maximum atomic E-state index is 11.9. The summed E-state index contributed by atoms with van der Waals surface area (Å²) in [4.78, 5) is 23.6. The number of aromatic nitrogens is 1. The van der Waals surface area contributed by atoms with E-state index in [1.807, 2.05) is 0 Å². The first-order chi connectivity index (χ1) is 10.4. The molecule has 0 saturated carbocycles. The van der Waals surface area contributed by atoms with E-state index in [0.29, 0.717) is 0 Å². The van der Waals surface area contributed by atoms with Gasteiger partial charge in [-0.1, -0.05) is 35.9 Å². The molecule has 1 aromatic heterocycles. The average Bonchev–Trinajstić information content (AvgIpc) is 2.73. The Morgan fingerprint density at radius 3 is 2.45 bits per heavy atom. The predicted octanol–water partition coefficient (Wildman–Crippen LogP) is 3.52. The summed E-state index contributed by atoms with van der Waals surface area (Å²) in [7, 11) is 2.39. The van der Waals surface area contributed by atoms with Crippen LogP contribution in [-0.2, 0) is 19.0 Å². The average molecular weight is 413 g/mol. The second kappa shape index (κ2) is 8.26. The Bertz CT molecular complexity index is 639. The standard InChI is InChI=1S/C13H12BrCl2NO5/c1-4-5-22-7(12(18)20-2)6-17-10(13(19)21-3)8(14)9(15)11(17)16/h4,6H,1,5H2,2-3H3/b7-6-. The number of rotatable bonds is 6. The summed E-state index contributed by atoms with van der Waals surface area (Å²) in [6, 6.07) is 0. The Kier molecular flexibility index (Phi) is 6.99. The molecule has 0 saturated heterocycles. The van der Waals surface area contributed by atoms with Crippen molar-refractivity contribution >= 4 is 57.3 Å². The Labute approximate surface area is 145 Å². The lowest BCUT2D eigenvalue weighted by Crippen LogP contribution is -2.13. The highest BCUT2D eigenvalue weighted by molar-refractivity contribution is 9.10. The number of carbonyl (C=O) groups is 2. The van der Waals surface area contributed by atoms with E-state index in [1.165, 1.54) is 26.5 Å². The van der Waals surface area contributed by atoms with Gasteiger partial charge in [-0.05, 0) is 15.9 Å². The van der Waals surface area contributed by atoms with Crippen LogP contribution in [0.3, 0.4) is 0 Å². The second-order valence-corrected chi connectivity index (χ2v) is 5.24. The van der Waals surface area contributed by atoms with Gasteiger partial charge in [0.15, 0.2) is 0 Å². The minimum atomic E-state index is -0.755. The topological polar surface area (TPSA) is 66.8 Å². The fraction of sp³-hybridized carbons (Fsp3) is 0.231. The van der Waals surface area contributed by atoms with Crippen LogP contribution in [-0.4, -0.2) is 37.3 Å². The van der Waals surface area contributed by atoms with Crippen LogP contribution < -0.4 is 0 Å². The fourth-order valence-corrected chi connectivity index (χ4v) is 2.49. The molecule has 0 N–H and O–H groups in total. The highest BCUT2D eigenvalue weighted by atomic mass is 79.9. The SMILES string of the molecule is C=CCO/C(=C\n1c(Cl)c(Cl)c(Br)c1C(=O)OC)C(=O)OC. The molecular formula is C13H12BrCl2NO5. The predicted molar refractivity (Wildman–Crippen MR) is 85.9 cm³/mol. The first-order valence-electron chi connectivity index (χ1n) is 5.75. The van der Waals surface area contributed by atoms with Crippen molar-refractivity contribution in [3.63, 3.8) is 0 Å². The van der Waals surface area contributed by atoms with Gasteiger partial charge in [0.25, 0.3) is 0 Å². The quantitative estimate of drug-likeness (QED) is 0.309. The monoisotopic (exact) mass is 411 g/mol. The number of hydrogen-bond donors (Lipinski definition) is 0. The van der Waals surface area contributed by atoms with Crippen LogP contribution in [0.15, 0.2) is 22.9 Å². The van der Waals surface area contributed by atoms with Crippen molar-refractivity contribution in [3.05, 3.63) is 38.8 Å². The molecule has 0 amide bonds. The summed E-state index contributed by atoms with van der Waals surface area (Å²) in [5.41, 5.74) is 0.00102. The number of nitrogens with zero attached hydrogens (tertiary/aromatic N) is 1. The molecule has 0 unspecified atom stereocenters. The first kappa shape index (κ1) is 18.6. The Morgan fingerprint density at radius 1 is 1.32 bits per heavy atom. The summed E-state index contributed by atoms with van der Waals surface area (Å²) in [6.07, 6.45) is 2.62. The maximum Gasteiger partial charge on any atom is 0.374 e. The molecule has 22 heavy (non-hydrogen) atoms. The molecule has 1 rings (SSSR count). The summed E-state index contributed by atoms with van der Waals surface area (Å²) >= 11 is 15.2. The van der Waals surface area contributed by atoms with Gasteiger partial charge in [0.2, 0.25) is 5.76 Å². The Hall–Kier alpha value is -1.44. The third kappa shape index (κ3) is 3.85. The van der Waals surface area contributed by atoms with E-state index in [4.69, 9.17) is 27.9 Å². The molecule has 0 aliphatic carbocycles. The Morgan fingerprint density at radius 2 is 1.95 bits per heavy atom. The van der Waals surface area contributed by atoms with E-state index in [-0.39, 0.29) is 32.7 Å². The smallest absolute Gasteiger partial charge is 0.374 e. The molecule has 0 fully saturated rings. The molecule has 1 heterocycles. The van der Waals surface area contributed by atoms with Crippen molar-refractivity contribution in [1.29, 1.82) is 0 Å². The van der Waals surface area contributed by atoms with Crippen LogP contribution in [0.2, 0.25) is 10.2 Å². The van der Waals surface area contributed by atoms with Crippen molar-refractivity contribution in [3.8, 4) is 0 Å². The third-order valence-electron chi connectivity index (χ3n) is 2.40. The number of halogens is 3. The van der Waals surface area contributed by atoms with E-state index in [2.05, 4.69) is 32.0 Å². The minimum Gasteiger partial charge on any atom is -0.481 e. The number of esters is 2. The molecule has 0 spiro atoms. The van der Waals surface area contributed by atoms with Crippen LogP contribution >= 0.6 is 39.1 Å². The van der Waals surface area contributed by atoms with Gasteiger partial charge in [0.05, 0.1) is 29.9 Å². The van der Waals surface area contributed by atoms with Crippen LogP contribution in [0.4, 0.5) is 0 Å². The highest BCUT2D eigenvalue weighted by Gasteiger charge is 2.25. The summed E-state index contributed by atoms with van der Waals surface area (Å²) in [5.74, 6) is -1.65. The normalized spacial score (nSPS) is 11.0. The lowest BCUT2D eigenvalue weighted by atomic mass is 10.4. The zero-order valence-electron chi connectivity index (χ0n) is 11.7. The zero-order chi connectivity index (χ0) is 16.9. The lowest BCUT2D eigenvalue weighted by molar-refractivity contribution is -0.139. The summed E-state index contributed by atoms with van der Waals surface area (Å²) < 4.78 is 15.9. The molecule has 0 aliphatic rings. The molecule has 0 aliphatic heterocycles. The fourth-order valence-electron chi connectivity index (χ4n) is 1.43. The third-order valence-corrected chi connectivity index (χ3v) is 4.24. The number of carbonyl (C=O) groups excluding carboxylic acids is 2. The molecule has 0 radical (unpaired) electrons. The van der Waals surface area contributed by atoms with Crippen molar-refractivity contribution in [2.24, 2.45) is 0 Å². The summed E-state index contributed by atoms with van der Waals surface area (Å²) in [6.45, 7) is 3.54. The molecule has 9 heteroatoms. The van der Waals surface area contributed by atoms with E-state index in [9.17, 15) is 9.59 Å². The van der Waals surface area contributed by atoms with Gasteiger partial charge in [-0.3, -0.25) is 4.57 Å². The number of ether oxygens (including phenoxy) is 3. The molecule has 0 bridgehead atoms. The lowest BCUT2D eigenvalue weighted by Gasteiger charge is -2.09. The maximum absolute atomic E-state index is 11.9. The van der Waals surface area contributed by atoms with E-state index >= 15 is 0 Å². The van der Waals surface area contributed by atoms with Crippen LogP contribution in [0.25, 0.3) is 6.20 Å². The largest absolute Gasteiger partial charge is 0.481 e. The van der Waals surface area contributed by atoms with Crippen molar-refractivity contribution in [1.82, 2.24) is 4.57 Å². The molecular weight excluding hydrogens is 401 g/mol. The Balaban J connectivity index is 3.48. The minimum absolute atomic E-state index is 0.00102. The van der Waals surface area contributed by atoms with Gasteiger partial charge in [-0.15, -0.1) is 0 Å². The van der Waals surface area contributed by atoms with Crippen molar-refractivity contribution in [2.75, 3.05) is 20.8 Å². The van der Waals surface area contributed by atoms with E-state index < -0.39 is 11.9 Å². The summed E-state index contributed by atoms with van der Waals surface area (Å²) in [5, 5.41) is 0.0869. The second-order valence-electron chi connectivity index (χ2n) is 3.71. The van der Waals surface area contributed by atoms with Gasteiger partial charge in [-0.25, -0.2) is 9.59 Å². The van der Waals surface area contributed by atoms with Crippen LogP contribution in [0.1, 0.15) is 10.5 Å². The van der Waals surface area contributed by atoms with Crippen LogP contribution in [0, 0.1) is 0 Å². The number of methoxy groups -OCH3 is 2. The highest BCUT2D eigenvalue weighted by Crippen LogP contribution is 2.37. The van der Waals surface area contributed by atoms with Crippen LogP contribution in [0.5, 0.6) is 0 Å². The van der Waals surface area contributed by atoms with E-state index in [1.54, 1.807) is 0 Å². The number of hydrogen-bond acceptors (Lipinski definition) is 5. The van der Waals surface area contributed by atoms with Crippen molar-refractivity contribution in [2.45, 2.75) is 0 Å². The molecule has 1 aromatic rings. The first-order valence-corrected chi connectivity index (χ1v) is 7.30. The molecule has 6 nitrogen and oxygen atoms in total. The van der Waals surface area contributed by atoms with Gasteiger partial charge < -0.3 is 14.2 Å². The molecule has 0 atom stereocenters. The van der Waals surface area contributed by atoms with Crippen molar-refractivity contribution < 1.29 is 23.8 Å². The van der Waals surface area contributed by atoms with Gasteiger partial charge in [-0.2, -0.15) is 0 Å². The van der Waals surface area contributed by atoms with Gasteiger partial charge in [0.1, 0.15) is 17.5 Å².